The van der Waals surface area contributed by atoms with Crippen LogP contribution in [-0.4, -0.2) is 20.7 Å². The van der Waals surface area contributed by atoms with E-state index >= 15 is 0 Å². The summed E-state index contributed by atoms with van der Waals surface area (Å²) in [6, 6.07) is 8.92. The Morgan fingerprint density at radius 1 is 1.15 bits per heavy atom. The summed E-state index contributed by atoms with van der Waals surface area (Å²) in [6.07, 6.45) is -1.37. The van der Waals surface area contributed by atoms with Crippen molar-refractivity contribution in [3.8, 4) is 5.75 Å². The van der Waals surface area contributed by atoms with Gasteiger partial charge < -0.3 is 10.1 Å². The van der Waals surface area contributed by atoms with Gasteiger partial charge in [-0.15, -0.1) is 13.2 Å². The van der Waals surface area contributed by atoms with Gasteiger partial charge in [-0.2, -0.15) is 0 Å². The predicted octanol–water partition coefficient (Wildman–Crippen LogP) is 5.94. The van der Waals surface area contributed by atoms with Crippen LogP contribution in [0.2, 0.25) is 5.02 Å². The lowest BCUT2D eigenvalue weighted by atomic mass is 10.3. The van der Waals surface area contributed by atoms with E-state index in [1.54, 1.807) is 22.9 Å². The first-order chi connectivity index (χ1) is 12.8. The minimum atomic E-state index is -4.73. The van der Waals surface area contributed by atoms with Crippen LogP contribution in [0.3, 0.4) is 0 Å². The molecule has 138 valence electrons. The van der Waals surface area contributed by atoms with Crippen LogP contribution in [0.5, 0.6) is 5.75 Å². The molecule has 0 aliphatic heterocycles. The lowest BCUT2D eigenvalue weighted by molar-refractivity contribution is -0.274. The van der Waals surface area contributed by atoms with Crippen LogP contribution in [-0.2, 0) is 0 Å². The van der Waals surface area contributed by atoms with E-state index in [0.29, 0.717) is 33.2 Å². The van der Waals surface area contributed by atoms with Crippen molar-refractivity contribution in [3.05, 3.63) is 58.3 Å². The molecular weight excluding hydrogens is 449 g/mol. The van der Waals surface area contributed by atoms with E-state index in [9.17, 15) is 13.2 Å². The van der Waals surface area contributed by atoms with Crippen LogP contribution in [0.4, 0.5) is 24.7 Å². The summed E-state index contributed by atoms with van der Waals surface area (Å²) in [5.41, 5.74) is 2.39. The molecule has 0 unspecified atom stereocenters. The Hall–Kier alpha value is -2.52. The second-order valence-corrected chi connectivity index (χ2v) is 6.86. The van der Waals surface area contributed by atoms with Gasteiger partial charge in [0.1, 0.15) is 5.75 Å². The second kappa shape index (κ2) is 6.58. The number of alkyl halides is 3. The smallest absolute Gasteiger partial charge is 0.406 e. The Bertz CT molecular complexity index is 1150. The topological polar surface area (TPSA) is 51.5 Å². The van der Waals surface area contributed by atoms with E-state index in [4.69, 9.17) is 11.6 Å². The van der Waals surface area contributed by atoms with Crippen molar-refractivity contribution < 1.29 is 17.9 Å². The van der Waals surface area contributed by atoms with Crippen molar-refractivity contribution in [2.45, 2.75) is 6.36 Å². The highest BCUT2D eigenvalue weighted by atomic mass is 79.9. The van der Waals surface area contributed by atoms with Crippen molar-refractivity contribution in [2.24, 2.45) is 0 Å². The molecule has 0 atom stereocenters. The Balaban J connectivity index is 1.74. The minimum absolute atomic E-state index is 0.304. The molecule has 2 heterocycles. The Morgan fingerprint density at radius 3 is 2.59 bits per heavy atom. The zero-order valence-electron chi connectivity index (χ0n) is 13.3. The number of imidazole rings is 1. The molecule has 0 bridgehead atoms. The highest BCUT2D eigenvalue weighted by Gasteiger charge is 2.30. The maximum absolute atomic E-state index is 12.3. The van der Waals surface area contributed by atoms with Crippen molar-refractivity contribution >= 4 is 55.7 Å². The third-order valence-corrected chi connectivity index (χ3v) is 4.43. The largest absolute Gasteiger partial charge is 0.573 e. The fraction of sp³-hybridized carbons (Fsp3) is 0.0588. The molecule has 0 saturated heterocycles. The summed E-state index contributed by atoms with van der Waals surface area (Å²) in [6.45, 7) is 0. The summed E-state index contributed by atoms with van der Waals surface area (Å²) in [7, 11) is 0. The van der Waals surface area contributed by atoms with Crippen molar-refractivity contribution in [3.63, 3.8) is 0 Å². The quantitative estimate of drug-likeness (QED) is 0.414. The fourth-order valence-electron chi connectivity index (χ4n) is 2.67. The highest BCUT2D eigenvalue weighted by Crippen LogP contribution is 2.31. The monoisotopic (exact) mass is 456 g/mol. The number of rotatable bonds is 3. The minimum Gasteiger partial charge on any atom is -0.406 e. The normalized spacial score (nSPS) is 11.9. The highest BCUT2D eigenvalue weighted by molar-refractivity contribution is 9.10. The number of anilines is 2. The molecule has 4 aromatic rings. The average molecular weight is 458 g/mol. The number of hydrogen-bond acceptors (Lipinski definition) is 4. The molecule has 0 amide bonds. The number of ether oxygens (including phenoxy) is 1. The summed E-state index contributed by atoms with van der Waals surface area (Å²) in [5.74, 6) is 0.132. The maximum atomic E-state index is 12.3. The lowest BCUT2D eigenvalue weighted by Gasteiger charge is -2.12. The maximum Gasteiger partial charge on any atom is 0.573 e. The molecule has 4 rings (SSSR count). The van der Waals surface area contributed by atoms with Gasteiger partial charge in [-0.3, -0.25) is 4.40 Å². The lowest BCUT2D eigenvalue weighted by Crippen LogP contribution is -2.17. The van der Waals surface area contributed by atoms with Crippen LogP contribution in [0.1, 0.15) is 0 Å². The molecule has 27 heavy (non-hydrogen) atoms. The Labute approximate surface area is 163 Å². The second-order valence-electron chi connectivity index (χ2n) is 5.53. The van der Waals surface area contributed by atoms with Gasteiger partial charge in [0.2, 0.25) is 0 Å². The zero-order valence-corrected chi connectivity index (χ0v) is 15.6. The van der Waals surface area contributed by atoms with E-state index in [-0.39, 0.29) is 5.75 Å². The van der Waals surface area contributed by atoms with Crippen LogP contribution in [0.15, 0.2) is 53.3 Å². The molecule has 0 radical (unpaired) electrons. The summed E-state index contributed by atoms with van der Waals surface area (Å²) >= 11 is 9.72. The van der Waals surface area contributed by atoms with Crippen molar-refractivity contribution in [1.29, 1.82) is 0 Å². The molecule has 2 aromatic heterocycles. The molecule has 10 heteroatoms. The number of benzene rings is 2. The van der Waals surface area contributed by atoms with E-state index < -0.39 is 6.36 Å². The van der Waals surface area contributed by atoms with Crippen LogP contribution in [0.25, 0.3) is 16.7 Å². The van der Waals surface area contributed by atoms with Gasteiger partial charge in [-0.1, -0.05) is 27.5 Å². The zero-order chi connectivity index (χ0) is 19.2. The number of nitrogens with one attached hydrogen (secondary N) is 1. The van der Waals surface area contributed by atoms with Crippen molar-refractivity contribution in [1.82, 2.24) is 14.4 Å². The molecule has 0 aliphatic rings. The molecule has 0 aliphatic carbocycles. The first kappa shape index (κ1) is 17.9. The number of nitrogens with zero attached hydrogens (tertiary/aromatic N) is 3. The molecule has 1 N–H and O–H groups in total. The number of aromatic nitrogens is 3. The molecule has 0 spiro atoms. The van der Waals surface area contributed by atoms with Gasteiger partial charge in [0.15, 0.2) is 11.5 Å². The summed E-state index contributed by atoms with van der Waals surface area (Å²) in [5, 5.41) is 3.57. The van der Waals surface area contributed by atoms with Crippen molar-refractivity contribution in [2.75, 3.05) is 5.32 Å². The average Bonchev–Trinajstić information content (AvgIpc) is 3.04. The van der Waals surface area contributed by atoms with E-state index in [1.807, 2.05) is 6.07 Å². The number of hydrogen-bond donors (Lipinski definition) is 1. The third kappa shape index (κ3) is 3.65. The van der Waals surface area contributed by atoms with Crippen LogP contribution >= 0.6 is 27.5 Å². The first-order valence-electron chi connectivity index (χ1n) is 7.55. The van der Waals surface area contributed by atoms with Gasteiger partial charge in [-0.25, -0.2) is 9.97 Å². The Kier molecular flexibility index (Phi) is 4.35. The third-order valence-electron chi connectivity index (χ3n) is 3.68. The first-order valence-corrected chi connectivity index (χ1v) is 8.72. The summed E-state index contributed by atoms with van der Waals surface area (Å²) < 4.78 is 43.2. The van der Waals surface area contributed by atoms with Crippen LogP contribution in [0, 0.1) is 0 Å². The number of halogens is 5. The molecule has 5 nitrogen and oxygen atoms in total. The molecule has 2 aromatic carbocycles. The van der Waals surface area contributed by atoms with E-state index in [2.05, 4.69) is 36.0 Å². The fourth-order valence-corrected chi connectivity index (χ4v) is 3.55. The van der Waals surface area contributed by atoms with Gasteiger partial charge in [0.05, 0.1) is 16.1 Å². The number of fused-ring (bicyclic) bond motifs is 3. The summed E-state index contributed by atoms with van der Waals surface area (Å²) in [4.78, 5) is 8.84. The van der Waals surface area contributed by atoms with E-state index in [1.165, 1.54) is 24.3 Å². The van der Waals surface area contributed by atoms with Gasteiger partial charge in [-0.05, 0) is 36.4 Å². The van der Waals surface area contributed by atoms with Gasteiger partial charge in [0.25, 0.3) is 0 Å². The SMILES string of the molecule is FC(F)(F)Oc1ccc(Nc2nc3cc(Br)cc(Cl)c3n3ccnc23)cc1. The molecule has 0 saturated carbocycles. The standard InChI is InChI=1S/C17H9BrClF3N4O/c18-9-7-12(19)14-13(8-9)25-15(16-23-5-6-26(14)16)24-10-1-3-11(4-2-10)27-17(20,21)22/h1-8H,(H,24,25). The van der Waals surface area contributed by atoms with Crippen LogP contribution < -0.4 is 10.1 Å². The Morgan fingerprint density at radius 2 is 1.89 bits per heavy atom. The predicted molar refractivity (Wildman–Crippen MR) is 99.6 cm³/mol. The molecule has 0 fully saturated rings. The van der Waals surface area contributed by atoms with E-state index in [0.717, 1.165) is 4.47 Å². The van der Waals surface area contributed by atoms with Gasteiger partial charge in [0, 0.05) is 22.6 Å². The van der Waals surface area contributed by atoms with Gasteiger partial charge >= 0.3 is 6.36 Å². The molecular formula is C17H9BrClF3N4O.